The number of halogens is 1. The highest BCUT2D eigenvalue weighted by molar-refractivity contribution is 6.30. The van der Waals surface area contributed by atoms with E-state index in [1.165, 1.54) is 0 Å². The van der Waals surface area contributed by atoms with Crippen molar-refractivity contribution >= 4 is 17.5 Å². The van der Waals surface area contributed by atoms with Gasteiger partial charge >= 0.3 is 0 Å². The van der Waals surface area contributed by atoms with Gasteiger partial charge in [0.2, 0.25) is 5.91 Å². The highest BCUT2D eigenvalue weighted by atomic mass is 35.5. The lowest BCUT2D eigenvalue weighted by Crippen LogP contribution is -2.41. The molecule has 1 N–H and O–H groups in total. The Labute approximate surface area is 119 Å². The normalized spacial score (nSPS) is 18.8. The van der Waals surface area contributed by atoms with Crippen molar-refractivity contribution in [1.82, 2.24) is 10.2 Å². The molecule has 1 heterocycles. The van der Waals surface area contributed by atoms with Gasteiger partial charge in [-0.25, -0.2) is 0 Å². The van der Waals surface area contributed by atoms with Crippen molar-refractivity contribution in [2.45, 2.75) is 32.9 Å². The van der Waals surface area contributed by atoms with Crippen LogP contribution in [0.25, 0.3) is 0 Å². The van der Waals surface area contributed by atoms with E-state index in [1.54, 1.807) is 0 Å². The summed E-state index contributed by atoms with van der Waals surface area (Å²) < 4.78 is 0. The maximum Gasteiger partial charge on any atom is 0.227 e. The minimum atomic E-state index is 0.126. The minimum absolute atomic E-state index is 0.126. The molecule has 0 aliphatic carbocycles. The van der Waals surface area contributed by atoms with Crippen LogP contribution in [0.1, 0.15) is 25.8 Å². The molecule has 1 amide bonds. The summed E-state index contributed by atoms with van der Waals surface area (Å²) in [6.45, 7) is 6.50. The third-order valence-corrected chi connectivity index (χ3v) is 3.79. The number of benzene rings is 1. The van der Waals surface area contributed by atoms with Gasteiger partial charge in [0.15, 0.2) is 0 Å². The molecule has 1 fully saturated rings. The van der Waals surface area contributed by atoms with Crippen molar-refractivity contribution in [1.29, 1.82) is 0 Å². The van der Waals surface area contributed by atoms with E-state index in [9.17, 15) is 4.79 Å². The molecule has 0 radical (unpaired) electrons. The van der Waals surface area contributed by atoms with Crippen LogP contribution in [0.15, 0.2) is 24.3 Å². The summed E-state index contributed by atoms with van der Waals surface area (Å²) in [4.78, 5) is 14.5. The first-order chi connectivity index (χ1) is 9.08. The molecule has 1 aromatic rings. The predicted octanol–water partition coefficient (Wildman–Crippen LogP) is 2.69. The second-order valence-electron chi connectivity index (χ2n) is 5.38. The van der Waals surface area contributed by atoms with Crippen LogP contribution < -0.4 is 5.32 Å². The molecule has 104 valence electrons. The number of rotatable bonds is 4. The number of nitrogens with one attached hydrogen (secondary N) is 1. The summed E-state index contributed by atoms with van der Waals surface area (Å²) in [6, 6.07) is 7.93. The van der Waals surface area contributed by atoms with Crippen molar-refractivity contribution in [3.8, 4) is 0 Å². The van der Waals surface area contributed by atoms with Crippen LogP contribution in [0.4, 0.5) is 0 Å². The molecule has 1 saturated heterocycles. The zero-order chi connectivity index (χ0) is 13.8. The van der Waals surface area contributed by atoms with Crippen LogP contribution in [0.2, 0.25) is 5.02 Å². The highest BCUT2D eigenvalue weighted by Gasteiger charge is 2.28. The quantitative estimate of drug-likeness (QED) is 0.920. The summed E-state index contributed by atoms with van der Waals surface area (Å²) >= 11 is 6.00. The van der Waals surface area contributed by atoms with Gasteiger partial charge in [-0.2, -0.15) is 0 Å². The summed E-state index contributed by atoms with van der Waals surface area (Å²) in [5, 5.41) is 3.97. The average molecular weight is 281 g/mol. The van der Waals surface area contributed by atoms with Gasteiger partial charge in [-0.1, -0.05) is 23.7 Å². The van der Waals surface area contributed by atoms with Crippen LogP contribution in [-0.4, -0.2) is 29.9 Å². The molecule has 1 aliphatic rings. The molecule has 1 atom stereocenters. The number of carbonyl (C=O) groups is 1. The average Bonchev–Trinajstić information content (AvgIpc) is 2.88. The van der Waals surface area contributed by atoms with Gasteiger partial charge in [0.05, 0.1) is 5.92 Å². The van der Waals surface area contributed by atoms with Gasteiger partial charge in [0.25, 0.3) is 0 Å². The Hall–Kier alpha value is -1.06. The van der Waals surface area contributed by atoms with E-state index < -0.39 is 0 Å². The van der Waals surface area contributed by atoms with Gasteiger partial charge in [-0.05, 0) is 44.5 Å². The van der Waals surface area contributed by atoms with Crippen LogP contribution in [0.3, 0.4) is 0 Å². The molecule has 0 bridgehead atoms. The third kappa shape index (κ3) is 3.71. The van der Waals surface area contributed by atoms with Crippen molar-refractivity contribution in [3.63, 3.8) is 0 Å². The van der Waals surface area contributed by atoms with Gasteiger partial charge in [-0.15, -0.1) is 0 Å². The van der Waals surface area contributed by atoms with E-state index >= 15 is 0 Å². The topological polar surface area (TPSA) is 32.3 Å². The van der Waals surface area contributed by atoms with Crippen molar-refractivity contribution in [3.05, 3.63) is 34.9 Å². The lowest BCUT2D eigenvalue weighted by molar-refractivity contribution is -0.137. The maximum atomic E-state index is 12.5. The SMILES string of the molecule is CC(C)N(Cc1cccc(Cl)c1)C(=O)C1CCNC1. The fourth-order valence-corrected chi connectivity index (χ4v) is 2.66. The molecule has 0 aromatic heterocycles. The minimum Gasteiger partial charge on any atom is -0.336 e. The first-order valence-corrected chi connectivity index (χ1v) is 7.21. The summed E-state index contributed by atoms with van der Waals surface area (Å²) in [7, 11) is 0. The van der Waals surface area contributed by atoms with Crippen LogP contribution in [0.5, 0.6) is 0 Å². The highest BCUT2D eigenvalue weighted by Crippen LogP contribution is 2.18. The summed E-state index contributed by atoms with van der Waals surface area (Å²) in [5.41, 5.74) is 1.08. The van der Waals surface area contributed by atoms with Crippen LogP contribution in [-0.2, 0) is 11.3 Å². The zero-order valence-electron chi connectivity index (χ0n) is 11.5. The van der Waals surface area contributed by atoms with Gasteiger partial charge in [-0.3, -0.25) is 4.79 Å². The van der Waals surface area contributed by atoms with Gasteiger partial charge in [0.1, 0.15) is 0 Å². The predicted molar refractivity (Wildman–Crippen MR) is 78.1 cm³/mol. The molecule has 4 heteroatoms. The van der Waals surface area contributed by atoms with Gasteiger partial charge < -0.3 is 10.2 Å². The van der Waals surface area contributed by atoms with Crippen LogP contribution >= 0.6 is 11.6 Å². The molecule has 1 unspecified atom stereocenters. The molecule has 1 aromatic carbocycles. The Bertz CT molecular complexity index is 442. The number of amides is 1. The molecule has 19 heavy (non-hydrogen) atoms. The standard InChI is InChI=1S/C15H21ClN2O/c1-11(2)18(15(19)13-6-7-17-9-13)10-12-4-3-5-14(16)8-12/h3-5,8,11,13,17H,6-7,9-10H2,1-2H3. The van der Waals surface area contributed by atoms with E-state index in [0.717, 1.165) is 30.1 Å². The molecule has 0 spiro atoms. The monoisotopic (exact) mass is 280 g/mol. The van der Waals surface area contributed by atoms with E-state index in [2.05, 4.69) is 19.2 Å². The van der Waals surface area contributed by atoms with Crippen molar-refractivity contribution in [2.24, 2.45) is 5.92 Å². The Kier molecular flexibility index (Phi) is 4.83. The molecule has 0 saturated carbocycles. The third-order valence-electron chi connectivity index (χ3n) is 3.56. The fourth-order valence-electron chi connectivity index (χ4n) is 2.45. The zero-order valence-corrected chi connectivity index (χ0v) is 12.3. The molecular formula is C15H21ClN2O. The van der Waals surface area contributed by atoms with Crippen molar-refractivity contribution in [2.75, 3.05) is 13.1 Å². The Morgan fingerprint density at radius 3 is 2.89 bits per heavy atom. The van der Waals surface area contributed by atoms with E-state index in [-0.39, 0.29) is 17.9 Å². The number of carbonyl (C=O) groups excluding carboxylic acids is 1. The number of hydrogen-bond acceptors (Lipinski definition) is 2. The van der Waals surface area contributed by atoms with Gasteiger partial charge in [0, 0.05) is 24.2 Å². The Morgan fingerprint density at radius 1 is 1.53 bits per heavy atom. The summed E-state index contributed by atoms with van der Waals surface area (Å²) in [5.74, 6) is 0.376. The fraction of sp³-hybridized carbons (Fsp3) is 0.533. The van der Waals surface area contributed by atoms with E-state index in [4.69, 9.17) is 11.6 Å². The first kappa shape index (κ1) is 14.4. The number of nitrogens with zero attached hydrogens (tertiary/aromatic N) is 1. The number of hydrogen-bond donors (Lipinski definition) is 1. The Morgan fingerprint density at radius 2 is 2.32 bits per heavy atom. The molecule has 2 rings (SSSR count). The molecule has 1 aliphatic heterocycles. The first-order valence-electron chi connectivity index (χ1n) is 6.83. The largest absolute Gasteiger partial charge is 0.336 e. The lowest BCUT2D eigenvalue weighted by Gasteiger charge is -2.29. The van der Waals surface area contributed by atoms with E-state index in [0.29, 0.717) is 6.54 Å². The van der Waals surface area contributed by atoms with Crippen LogP contribution in [0, 0.1) is 5.92 Å². The lowest BCUT2D eigenvalue weighted by atomic mass is 10.1. The second kappa shape index (κ2) is 6.40. The van der Waals surface area contributed by atoms with E-state index in [1.807, 2.05) is 29.2 Å². The molecule has 3 nitrogen and oxygen atoms in total. The maximum absolute atomic E-state index is 12.5. The smallest absolute Gasteiger partial charge is 0.227 e. The summed E-state index contributed by atoms with van der Waals surface area (Å²) in [6.07, 6.45) is 0.942. The second-order valence-corrected chi connectivity index (χ2v) is 5.82. The molecular weight excluding hydrogens is 260 g/mol. The van der Waals surface area contributed by atoms with Crippen molar-refractivity contribution < 1.29 is 4.79 Å². The Balaban J connectivity index is 2.09.